The van der Waals surface area contributed by atoms with Gasteiger partial charge in [0.15, 0.2) is 0 Å². The molecule has 0 saturated carbocycles. The number of hydrogen-bond acceptors (Lipinski definition) is 3. The van der Waals surface area contributed by atoms with Crippen molar-refractivity contribution in [3.63, 3.8) is 0 Å². The van der Waals surface area contributed by atoms with Gasteiger partial charge in [0.1, 0.15) is 5.82 Å². The summed E-state index contributed by atoms with van der Waals surface area (Å²) in [7, 11) is 0. The molecule has 2 fully saturated rings. The van der Waals surface area contributed by atoms with Gasteiger partial charge in [-0.2, -0.15) is 0 Å². The standard InChI is InChI=1S/C18H18BrClN4O/c19-12-3-5-13(6-4-12)22-18(25)24-14-7-8-15(24)11-23(10-14)17-16(20)2-1-9-21-17/h1-6,9,14-15H,7-8,10-11H2,(H,22,25). The molecule has 4 rings (SSSR count). The Morgan fingerprint density at radius 2 is 1.84 bits per heavy atom. The molecule has 2 saturated heterocycles. The summed E-state index contributed by atoms with van der Waals surface area (Å²) in [4.78, 5) is 21.4. The largest absolute Gasteiger partial charge is 0.351 e. The molecule has 25 heavy (non-hydrogen) atoms. The first kappa shape index (κ1) is 16.7. The Balaban J connectivity index is 1.48. The number of nitrogens with one attached hydrogen (secondary N) is 1. The first-order valence-corrected chi connectivity index (χ1v) is 9.49. The van der Waals surface area contributed by atoms with Crippen LogP contribution in [0.2, 0.25) is 5.02 Å². The number of hydrogen-bond donors (Lipinski definition) is 1. The van der Waals surface area contributed by atoms with Crippen LogP contribution in [0.1, 0.15) is 12.8 Å². The van der Waals surface area contributed by atoms with Crippen LogP contribution in [0.5, 0.6) is 0 Å². The fourth-order valence-electron chi connectivity index (χ4n) is 3.74. The number of benzene rings is 1. The summed E-state index contributed by atoms with van der Waals surface area (Å²) in [6.07, 6.45) is 3.79. The quantitative estimate of drug-likeness (QED) is 0.783. The lowest BCUT2D eigenvalue weighted by Gasteiger charge is -2.41. The van der Waals surface area contributed by atoms with Gasteiger partial charge in [-0.25, -0.2) is 9.78 Å². The maximum absolute atomic E-state index is 12.8. The number of nitrogens with zero attached hydrogens (tertiary/aromatic N) is 3. The molecular weight excluding hydrogens is 404 g/mol. The van der Waals surface area contributed by atoms with Gasteiger partial charge in [-0.1, -0.05) is 27.5 Å². The van der Waals surface area contributed by atoms with Crippen molar-refractivity contribution in [2.24, 2.45) is 0 Å². The molecule has 0 aliphatic carbocycles. The van der Waals surface area contributed by atoms with Crippen LogP contribution in [-0.2, 0) is 0 Å². The van der Waals surface area contributed by atoms with Crippen LogP contribution < -0.4 is 10.2 Å². The monoisotopic (exact) mass is 420 g/mol. The van der Waals surface area contributed by atoms with E-state index in [4.69, 9.17) is 11.6 Å². The van der Waals surface area contributed by atoms with E-state index in [-0.39, 0.29) is 18.1 Å². The number of piperazine rings is 1. The van der Waals surface area contributed by atoms with Crippen LogP contribution in [0, 0.1) is 0 Å². The summed E-state index contributed by atoms with van der Waals surface area (Å²) in [5.74, 6) is 0.814. The lowest BCUT2D eigenvalue weighted by Crippen LogP contribution is -2.57. The van der Waals surface area contributed by atoms with Crippen molar-refractivity contribution in [1.82, 2.24) is 9.88 Å². The van der Waals surface area contributed by atoms with E-state index in [0.29, 0.717) is 5.02 Å². The van der Waals surface area contributed by atoms with E-state index >= 15 is 0 Å². The summed E-state index contributed by atoms with van der Waals surface area (Å²) in [5, 5.41) is 3.67. The van der Waals surface area contributed by atoms with E-state index in [0.717, 1.165) is 41.9 Å². The Kier molecular flexibility index (Phi) is 4.56. The van der Waals surface area contributed by atoms with Crippen LogP contribution in [0.15, 0.2) is 47.1 Å². The Morgan fingerprint density at radius 3 is 2.48 bits per heavy atom. The minimum absolute atomic E-state index is 0.0263. The molecule has 130 valence electrons. The molecule has 1 N–H and O–H groups in total. The number of carbonyl (C=O) groups excluding carboxylic acids is 1. The molecule has 2 atom stereocenters. The zero-order valence-electron chi connectivity index (χ0n) is 13.5. The van der Waals surface area contributed by atoms with Gasteiger partial charge >= 0.3 is 6.03 Å². The highest BCUT2D eigenvalue weighted by atomic mass is 79.9. The minimum atomic E-state index is -0.0263. The average Bonchev–Trinajstić information content (AvgIpc) is 2.88. The van der Waals surface area contributed by atoms with E-state index in [2.05, 4.69) is 31.1 Å². The Hall–Kier alpha value is -1.79. The number of anilines is 2. The molecule has 1 aromatic carbocycles. The second kappa shape index (κ2) is 6.84. The van der Waals surface area contributed by atoms with E-state index in [1.165, 1.54) is 0 Å². The van der Waals surface area contributed by atoms with Gasteiger partial charge in [-0.3, -0.25) is 0 Å². The Bertz CT molecular complexity index is 771. The van der Waals surface area contributed by atoms with Gasteiger partial charge in [0.05, 0.1) is 17.1 Å². The predicted octanol–water partition coefficient (Wildman–Crippen LogP) is 4.38. The first-order chi connectivity index (χ1) is 12.1. The van der Waals surface area contributed by atoms with Crippen molar-refractivity contribution < 1.29 is 4.79 Å². The molecular formula is C18H18BrClN4O. The minimum Gasteiger partial charge on any atom is -0.351 e. The lowest BCUT2D eigenvalue weighted by atomic mass is 10.2. The second-order valence-electron chi connectivity index (χ2n) is 6.44. The van der Waals surface area contributed by atoms with E-state index in [1.807, 2.05) is 41.3 Å². The predicted molar refractivity (Wildman–Crippen MR) is 103 cm³/mol. The fourth-order valence-corrected chi connectivity index (χ4v) is 4.24. The number of rotatable bonds is 2. The summed E-state index contributed by atoms with van der Waals surface area (Å²) in [5.41, 5.74) is 0.808. The molecule has 1 aromatic heterocycles. The van der Waals surface area contributed by atoms with Crippen molar-refractivity contribution in [3.8, 4) is 0 Å². The zero-order chi connectivity index (χ0) is 17.4. The second-order valence-corrected chi connectivity index (χ2v) is 7.77. The number of carbonyl (C=O) groups is 1. The number of halogens is 2. The highest BCUT2D eigenvalue weighted by Gasteiger charge is 2.43. The number of amides is 2. The SMILES string of the molecule is O=C(Nc1ccc(Br)cc1)N1C2CCC1CN(c1ncccc1Cl)C2. The molecule has 0 spiro atoms. The summed E-state index contributed by atoms with van der Waals surface area (Å²) < 4.78 is 0.992. The van der Waals surface area contributed by atoms with Gasteiger partial charge < -0.3 is 15.1 Å². The molecule has 2 aromatic rings. The van der Waals surface area contributed by atoms with Crippen molar-refractivity contribution in [3.05, 3.63) is 52.1 Å². The smallest absolute Gasteiger partial charge is 0.322 e. The topological polar surface area (TPSA) is 48.5 Å². The van der Waals surface area contributed by atoms with Crippen LogP contribution in [0.4, 0.5) is 16.3 Å². The third-order valence-corrected chi connectivity index (χ3v) is 5.67. The highest BCUT2D eigenvalue weighted by molar-refractivity contribution is 9.10. The van der Waals surface area contributed by atoms with Crippen molar-refractivity contribution in [2.45, 2.75) is 24.9 Å². The normalized spacial score (nSPS) is 22.2. The molecule has 7 heteroatoms. The molecule has 0 radical (unpaired) electrons. The van der Waals surface area contributed by atoms with Crippen molar-refractivity contribution in [2.75, 3.05) is 23.3 Å². The molecule has 3 heterocycles. The Morgan fingerprint density at radius 1 is 1.16 bits per heavy atom. The molecule has 5 nitrogen and oxygen atoms in total. The van der Waals surface area contributed by atoms with E-state index in [9.17, 15) is 4.79 Å². The lowest BCUT2D eigenvalue weighted by molar-refractivity contribution is 0.175. The zero-order valence-corrected chi connectivity index (χ0v) is 15.9. The molecule has 2 aliphatic heterocycles. The summed E-state index contributed by atoms with van der Waals surface area (Å²) in [6.45, 7) is 1.53. The van der Waals surface area contributed by atoms with Gasteiger partial charge in [0.2, 0.25) is 0 Å². The van der Waals surface area contributed by atoms with Crippen LogP contribution in [-0.4, -0.2) is 41.1 Å². The van der Waals surface area contributed by atoms with Gasteiger partial charge in [0, 0.05) is 29.4 Å². The van der Waals surface area contributed by atoms with Crippen LogP contribution in [0.3, 0.4) is 0 Å². The highest BCUT2D eigenvalue weighted by Crippen LogP contribution is 2.34. The third-order valence-electron chi connectivity index (χ3n) is 4.85. The van der Waals surface area contributed by atoms with E-state index < -0.39 is 0 Å². The van der Waals surface area contributed by atoms with Crippen LogP contribution >= 0.6 is 27.5 Å². The van der Waals surface area contributed by atoms with Gasteiger partial charge in [0.25, 0.3) is 0 Å². The fraction of sp³-hybridized carbons (Fsp3) is 0.333. The van der Waals surface area contributed by atoms with Crippen LogP contribution in [0.25, 0.3) is 0 Å². The molecule has 2 unspecified atom stereocenters. The molecule has 2 aliphatic rings. The number of aromatic nitrogens is 1. The molecule has 2 amide bonds. The molecule has 2 bridgehead atoms. The number of urea groups is 1. The van der Waals surface area contributed by atoms with Crippen molar-refractivity contribution in [1.29, 1.82) is 0 Å². The average molecular weight is 422 g/mol. The number of fused-ring (bicyclic) bond motifs is 2. The van der Waals surface area contributed by atoms with Crippen molar-refractivity contribution >= 4 is 45.1 Å². The number of pyridine rings is 1. The first-order valence-electron chi connectivity index (χ1n) is 8.32. The maximum atomic E-state index is 12.8. The maximum Gasteiger partial charge on any atom is 0.322 e. The summed E-state index contributed by atoms with van der Waals surface area (Å²) >= 11 is 9.70. The van der Waals surface area contributed by atoms with E-state index in [1.54, 1.807) is 6.20 Å². The summed E-state index contributed by atoms with van der Waals surface area (Å²) in [6, 6.07) is 11.7. The van der Waals surface area contributed by atoms with Gasteiger partial charge in [-0.15, -0.1) is 0 Å². The third kappa shape index (κ3) is 3.33. The Labute approximate surface area is 160 Å². The van der Waals surface area contributed by atoms with Gasteiger partial charge in [-0.05, 0) is 49.2 Å².